The van der Waals surface area contributed by atoms with Gasteiger partial charge in [-0.15, -0.1) is 0 Å². The second-order valence-electron chi connectivity index (χ2n) is 3.54. The Morgan fingerprint density at radius 2 is 1.69 bits per heavy atom. The van der Waals surface area contributed by atoms with E-state index in [-0.39, 0.29) is 12.6 Å². The predicted molar refractivity (Wildman–Crippen MR) is 61.5 cm³/mol. The topological polar surface area (TPSA) is 72.0 Å². The van der Waals surface area contributed by atoms with E-state index in [1.807, 2.05) is 24.3 Å². The molecule has 0 bridgehead atoms. The number of nitrogens with two attached hydrogens (primary N) is 1. The third-order valence-corrected chi connectivity index (χ3v) is 2.43. The Labute approximate surface area is 93.8 Å². The van der Waals surface area contributed by atoms with E-state index in [2.05, 4.69) is 9.97 Å². The third-order valence-electron chi connectivity index (χ3n) is 2.43. The zero-order chi connectivity index (χ0) is 11.4. The molecule has 1 heterocycles. The first kappa shape index (κ1) is 10.7. The molecule has 4 heteroatoms. The lowest BCUT2D eigenvalue weighted by atomic mass is 10.0. The maximum atomic E-state index is 8.93. The molecule has 3 N–H and O–H groups in total. The minimum atomic E-state index is -0.318. The monoisotopic (exact) mass is 215 g/mol. The van der Waals surface area contributed by atoms with E-state index < -0.39 is 0 Å². The highest BCUT2D eigenvalue weighted by atomic mass is 16.3. The fourth-order valence-electron chi connectivity index (χ4n) is 1.48. The first-order valence-electron chi connectivity index (χ1n) is 5.03. The van der Waals surface area contributed by atoms with Gasteiger partial charge >= 0.3 is 0 Å². The Bertz CT molecular complexity index is 442. The molecule has 0 fully saturated rings. The van der Waals surface area contributed by atoms with Crippen LogP contribution in [-0.2, 0) is 0 Å². The summed E-state index contributed by atoms with van der Waals surface area (Å²) in [4.78, 5) is 7.92. The molecule has 0 aliphatic heterocycles. The van der Waals surface area contributed by atoms with Crippen molar-refractivity contribution >= 4 is 0 Å². The van der Waals surface area contributed by atoms with Crippen LogP contribution in [0.3, 0.4) is 0 Å². The fourth-order valence-corrected chi connectivity index (χ4v) is 1.48. The molecule has 16 heavy (non-hydrogen) atoms. The SMILES string of the molecule is N[C@H](CO)c1ccc(-c2cncnc2)cc1. The van der Waals surface area contributed by atoms with Gasteiger partial charge in [-0.2, -0.15) is 0 Å². The molecule has 0 radical (unpaired) electrons. The molecule has 2 aromatic rings. The minimum absolute atomic E-state index is 0.0478. The van der Waals surface area contributed by atoms with E-state index in [9.17, 15) is 0 Å². The normalized spacial score (nSPS) is 12.4. The zero-order valence-electron chi connectivity index (χ0n) is 8.74. The summed E-state index contributed by atoms with van der Waals surface area (Å²) in [7, 11) is 0. The Hall–Kier alpha value is -1.78. The highest BCUT2D eigenvalue weighted by molar-refractivity contribution is 5.61. The lowest BCUT2D eigenvalue weighted by Crippen LogP contribution is -2.14. The lowest BCUT2D eigenvalue weighted by molar-refractivity contribution is 0.268. The van der Waals surface area contributed by atoms with Gasteiger partial charge in [0.2, 0.25) is 0 Å². The van der Waals surface area contributed by atoms with Crippen LogP contribution in [0.2, 0.25) is 0 Å². The summed E-state index contributed by atoms with van der Waals surface area (Å²) in [6, 6.07) is 7.39. The average Bonchev–Trinajstić information content (AvgIpc) is 2.39. The van der Waals surface area contributed by atoms with Crippen molar-refractivity contribution in [3.05, 3.63) is 48.5 Å². The van der Waals surface area contributed by atoms with Gasteiger partial charge in [0.1, 0.15) is 6.33 Å². The maximum Gasteiger partial charge on any atom is 0.115 e. The molecule has 4 nitrogen and oxygen atoms in total. The van der Waals surface area contributed by atoms with E-state index in [0.29, 0.717) is 0 Å². The maximum absolute atomic E-state index is 8.93. The summed E-state index contributed by atoms with van der Waals surface area (Å²) in [5.74, 6) is 0. The first-order valence-corrected chi connectivity index (χ1v) is 5.03. The van der Waals surface area contributed by atoms with Crippen LogP contribution >= 0.6 is 0 Å². The molecule has 0 saturated heterocycles. The number of aliphatic hydroxyl groups is 1. The van der Waals surface area contributed by atoms with Crippen molar-refractivity contribution in [2.24, 2.45) is 5.73 Å². The first-order chi connectivity index (χ1) is 7.81. The van der Waals surface area contributed by atoms with Gasteiger partial charge in [0.15, 0.2) is 0 Å². The lowest BCUT2D eigenvalue weighted by Gasteiger charge is -2.09. The third kappa shape index (κ3) is 2.24. The van der Waals surface area contributed by atoms with Gasteiger partial charge in [-0.1, -0.05) is 24.3 Å². The number of hydrogen-bond donors (Lipinski definition) is 2. The summed E-state index contributed by atoms with van der Waals surface area (Å²) in [5.41, 5.74) is 8.63. The summed E-state index contributed by atoms with van der Waals surface area (Å²) >= 11 is 0. The number of aliphatic hydroxyl groups excluding tert-OH is 1. The number of hydrogen-bond acceptors (Lipinski definition) is 4. The second-order valence-corrected chi connectivity index (χ2v) is 3.54. The smallest absolute Gasteiger partial charge is 0.115 e. The molecule has 0 saturated carbocycles. The van der Waals surface area contributed by atoms with Crippen molar-refractivity contribution < 1.29 is 5.11 Å². The average molecular weight is 215 g/mol. The van der Waals surface area contributed by atoms with Crippen LogP contribution in [-0.4, -0.2) is 21.7 Å². The minimum Gasteiger partial charge on any atom is -0.394 e. The molecule has 0 aliphatic carbocycles. The van der Waals surface area contributed by atoms with Gasteiger partial charge in [-0.25, -0.2) is 9.97 Å². The van der Waals surface area contributed by atoms with Gasteiger partial charge in [0.25, 0.3) is 0 Å². The van der Waals surface area contributed by atoms with Crippen molar-refractivity contribution in [3.8, 4) is 11.1 Å². The van der Waals surface area contributed by atoms with E-state index in [4.69, 9.17) is 10.8 Å². The van der Waals surface area contributed by atoms with E-state index in [1.165, 1.54) is 6.33 Å². The molecule has 82 valence electrons. The molecule has 0 spiro atoms. The Morgan fingerprint density at radius 1 is 1.06 bits per heavy atom. The quantitative estimate of drug-likeness (QED) is 0.805. The van der Waals surface area contributed by atoms with Crippen molar-refractivity contribution in [1.82, 2.24) is 9.97 Å². The molecule has 1 aromatic heterocycles. The molecule has 1 atom stereocenters. The highest BCUT2D eigenvalue weighted by Gasteiger charge is 2.04. The number of aromatic nitrogens is 2. The van der Waals surface area contributed by atoms with Gasteiger partial charge in [0, 0.05) is 18.0 Å². The van der Waals surface area contributed by atoms with Crippen LogP contribution in [0, 0.1) is 0 Å². The van der Waals surface area contributed by atoms with Crippen LogP contribution < -0.4 is 5.73 Å². The molecular weight excluding hydrogens is 202 g/mol. The molecule has 1 aromatic carbocycles. The van der Waals surface area contributed by atoms with Crippen molar-refractivity contribution in [3.63, 3.8) is 0 Å². The summed E-state index contributed by atoms with van der Waals surface area (Å²) in [6.07, 6.45) is 5.02. The second kappa shape index (κ2) is 4.83. The number of rotatable bonds is 3. The van der Waals surface area contributed by atoms with Crippen molar-refractivity contribution in [2.45, 2.75) is 6.04 Å². The molecular formula is C12H13N3O. The van der Waals surface area contributed by atoms with Gasteiger partial charge in [-0.05, 0) is 11.1 Å². The van der Waals surface area contributed by atoms with Crippen LogP contribution in [0.1, 0.15) is 11.6 Å². The molecule has 2 rings (SSSR count). The number of benzene rings is 1. The molecule has 0 amide bonds. The van der Waals surface area contributed by atoms with E-state index in [1.54, 1.807) is 12.4 Å². The van der Waals surface area contributed by atoms with E-state index in [0.717, 1.165) is 16.7 Å². The largest absolute Gasteiger partial charge is 0.394 e. The Kier molecular flexibility index (Phi) is 3.24. The van der Waals surface area contributed by atoms with Crippen LogP contribution in [0.4, 0.5) is 0 Å². The molecule has 0 unspecified atom stereocenters. The molecule has 0 aliphatic rings. The summed E-state index contributed by atoms with van der Waals surface area (Å²) < 4.78 is 0. The number of nitrogens with zero attached hydrogens (tertiary/aromatic N) is 2. The standard InChI is InChI=1S/C12H13N3O/c13-12(7-16)10-3-1-9(2-4-10)11-5-14-8-15-6-11/h1-6,8,12,16H,7,13H2/t12-/m1/s1. The van der Waals surface area contributed by atoms with Gasteiger partial charge in [0.05, 0.1) is 12.6 Å². The van der Waals surface area contributed by atoms with Gasteiger partial charge in [-0.3, -0.25) is 0 Å². The van der Waals surface area contributed by atoms with Crippen LogP contribution in [0.15, 0.2) is 43.0 Å². The summed E-state index contributed by atoms with van der Waals surface area (Å²) in [6.45, 7) is -0.0478. The fraction of sp³-hybridized carbons (Fsp3) is 0.167. The van der Waals surface area contributed by atoms with E-state index >= 15 is 0 Å². The highest BCUT2D eigenvalue weighted by Crippen LogP contribution is 2.19. The predicted octanol–water partition coefficient (Wildman–Crippen LogP) is 1.14. The Balaban J connectivity index is 2.26. The Morgan fingerprint density at radius 3 is 2.25 bits per heavy atom. The van der Waals surface area contributed by atoms with Crippen molar-refractivity contribution in [2.75, 3.05) is 6.61 Å². The van der Waals surface area contributed by atoms with Crippen LogP contribution in [0.5, 0.6) is 0 Å². The van der Waals surface area contributed by atoms with Crippen LogP contribution in [0.25, 0.3) is 11.1 Å². The van der Waals surface area contributed by atoms with Gasteiger partial charge < -0.3 is 10.8 Å². The summed E-state index contributed by atoms with van der Waals surface area (Å²) in [5, 5.41) is 8.93. The zero-order valence-corrected chi connectivity index (χ0v) is 8.74. The van der Waals surface area contributed by atoms with Crippen molar-refractivity contribution in [1.29, 1.82) is 0 Å².